The van der Waals surface area contributed by atoms with Gasteiger partial charge in [0, 0.05) is 17.3 Å². The summed E-state index contributed by atoms with van der Waals surface area (Å²) in [6, 6.07) is 13.8. The van der Waals surface area contributed by atoms with E-state index in [0.717, 1.165) is 5.56 Å². The van der Waals surface area contributed by atoms with Crippen molar-refractivity contribution in [3.63, 3.8) is 0 Å². The summed E-state index contributed by atoms with van der Waals surface area (Å²) in [6.07, 6.45) is 0.222. The number of carbonyl (C=O) groups is 1. The SMILES string of the molecule is COc1ccccc1CC(=O)Nc1cccc(O)c1. The smallest absolute Gasteiger partial charge is 0.228 e. The Morgan fingerprint density at radius 3 is 2.74 bits per heavy atom. The minimum atomic E-state index is -0.157. The summed E-state index contributed by atoms with van der Waals surface area (Å²) in [5.41, 5.74) is 1.39. The van der Waals surface area contributed by atoms with Crippen molar-refractivity contribution in [3.05, 3.63) is 54.1 Å². The van der Waals surface area contributed by atoms with E-state index in [1.54, 1.807) is 25.3 Å². The Morgan fingerprint density at radius 2 is 2.00 bits per heavy atom. The molecule has 2 aromatic rings. The number of nitrogens with one attached hydrogen (secondary N) is 1. The van der Waals surface area contributed by atoms with Crippen LogP contribution in [0.5, 0.6) is 11.5 Å². The second kappa shape index (κ2) is 5.91. The molecule has 0 spiro atoms. The van der Waals surface area contributed by atoms with Crippen LogP contribution in [0.1, 0.15) is 5.56 Å². The topological polar surface area (TPSA) is 58.6 Å². The van der Waals surface area contributed by atoms with Gasteiger partial charge in [0.2, 0.25) is 5.91 Å². The first-order valence-electron chi connectivity index (χ1n) is 5.90. The summed E-state index contributed by atoms with van der Waals surface area (Å²) in [5, 5.41) is 12.1. The number of hydrogen-bond donors (Lipinski definition) is 2. The lowest BCUT2D eigenvalue weighted by Gasteiger charge is -2.09. The Hall–Kier alpha value is -2.49. The van der Waals surface area contributed by atoms with Gasteiger partial charge >= 0.3 is 0 Å². The lowest BCUT2D eigenvalue weighted by molar-refractivity contribution is -0.115. The molecule has 2 N–H and O–H groups in total. The number of benzene rings is 2. The van der Waals surface area contributed by atoms with Crippen LogP contribution >= 0.6 is 0 Å². The molecule has 0 radical (unpaired) electrons. The van der Waals surface area contributed by atoms with Gasteiger partial charge in [0.1, 0.15) is 11.5 Å². The third-order valence-corrected chi connectivity index (χ3v) is 2.67. The van der Waals surface area contributed by atoms with E-state index in [9.17, 15) is 9.90 Å². The Labute approximate surface area is 111 Å². The second-order valence-electron chi connectivity index (χ2n) is 4.09. The normalized spacial score (nSPS) is 9.95. The van der Waals surface area contributed by atoms with Crippen LogP contribution in [0.25, 0.3) is 0 Å². The van der Waals surface area contributed by atoms with Gasteiger partial charge in [-0.1, -0.05) is 24.3 Å². The largest absolute Gasteiger partial charge is 0.508 e. The first kappa shape index (κ1) is 13.0. The van der Waals surface area contributed by atoms with Crippen molar-refractivity contribution < 1.29 is 14.6 Å². The highest BCUT2D eigenvalue weighted by Gasteiger charge is 2.08. The maximum atomic E-state index is 11.9. The summed E-state index contributed by atoms with van der Waals surface area (Å²) in [4.78, 5) is 11.9. The molecule has 4 nitrogen and oxygen atoms in total. The van der Waals surface area contributed by atoms with Crippen LogP contribution in [0.15, 0.2) is 48.5 Å². The highest BCUT2D eigenvalue weighted by atomic mass is 16.5. The molecular weight excluding hydrogens is 242 g/mol. The molecule has 19 heavy (non-hydrogen) atoms. The molecule has 0 atom stereocenters. The fraction of sp³-hybridized carbons (Fsp3) is 0.133. The number of ether oxygens (including phenoxy) is 1. The zero-order chi connectivity index (χ0) is 13.7. The number of phenolic OH excluding ortho intramolecular Hbond substituents is 1. The minimum Gasteiger partial charge on any atom is -0.508 e. The van der Waals surface area contributed by atoms with Crippen molar-refractivity contribution in [1.82, 2.24) is 0 Å². The van der Waals surface area contributed by atoms with Crippen LogP contribution < -0.4 is 10.1 Å². The fourth-order valence-electron chi connectivity index (χ4n) is 1.81. The molecule has 0 heterocycles. The van der Waals surface area contributed by atoms with Crippen LogP contribution in [0.4, 0.5) is 5.69 Å². The van der Waals surface area contributed by atoms with Crippen molar-refractivity contribution in [3.8, 4) is 11.5 Å². The lowest BCUT2D eigenvalue weighted by atomic mass is 10.1. The van der Waals surface area contributed by atoms with Crippen LogP contribution in [0.3, 0.4) is 0 Å². The molecule has 4 heteroatoms. The van der Waals surface area contributed by atoms with Crippen molar-refractivity contribution in [1.29, 1.82) is 0 Å². The monoisotopic (exact) mass is 257 g/mol. The number of carbonyl (C=O) groups excluding carboxylic acids is 1. The number of aromatic hydroxyl groups is 1. The summed E-state index contributed by atoms with van der Waals surface area (Å²) >= 11 is 0. The maximum Gasteiger partial charge on any atom is 0.228 e. The molecule has 0 aromatic heterocycles. The van der Waals surface area contributed by atoms with Crippen LogP contribution in [-0.4, -0.2) is 18.1 Å². The molecule has 0 saturated carbocycles. The standard InChI is InChI=1S/C15H15NO3/c1-19-14-8-3-2-5-11(14)9-15(18)16-12-6-4-7-13(17)10-12/h2-8,10,17H,9H2,1H3,(H,16,18). The number of anilines is 1. The van der Waals surface area contributed by atoms with Crippen molar-refractivity contribution in [2.75, 3.05) is 12.4 Å². The highest BCUT2D eigenvalue weighted by molar-refractivity contribution is 5.92. The van der Waals surface area contributed by atoms with Gasteiger partial charge in [0.15, 0.2) is 0 Å². The molecule has 1 amide bonds. The van der Waals surface area contributed by atoms with Crippen LogP contribution in [0, 0.1) is 0 Å². The number of amides is 1. The van der Waals surface area contributed by atoms with Crippen molar-refractivity contribution in [2.24, 2.45) is 0 Å². The average molecular weight is 257 g/mol. The molecule has 0 aliphatic heterocycles. The van der Waals surface area contributed by atoms with E-state index in [2.05, 4.69) is 5.32 Å². The average Bonchev–Trinajstić information content (AvgIpc) is 2.39. The molecule has 0 aliphatic rings. The summed E-state index contributed by atoms with van der Waals surface area (Å²) < 4.78 is 5.20. The van der Waals surface area contributed by atoms with Gasteiger partial charge in [-0.2, -0.15) is 0 Å². The van der Waals surface area contributed by atoms with Gasteiger partial charge in [-0.15, -0.1) is 0 Å². The molecule has 2 aromatic carbocycles. The third kappa shape index (κ3) is 3.48. The summed E-state index contributed by atoms with van der Waals surface area (Å²) in [6.45, 7) is 0. The van der Waals surface area contributed by atoms with E-state index >= 15 is 0 Å². The van der Waals surface area contributed by atoms with Gasteiger partial charge in [-0.25, -0.2) is 0 Å². The zero-order valence-electron chi connectivity index (χ0n) is 10.6. The minimum absolute atomic E-state index is 0.120. The lowest BCUT2D eigenvalue weighted by Crippen LogP contribution is -2.14. The molecule has 0 saturated heterocycles. The van der Waals surface area contributed by atoms with Crippen LogP contribution in [0.2, 0.25) is 0 Å². The van der Waals surface area contributed by atoms with Crippen molar-refractivity contribution in [2.45, 2.75) is 6.42 Å². The predicted octanol–water partition coefficient (Wildman–Crippen LogP) is 2.58. The Morgan fingerprint density at radius 1 is 1.21 bits per heavy atom. The summed E-state index contributed by atoms with van der Waals surface area (Å²) in [7, 11) is 1.58. The molecule has 98 valence electrons. The maximum absolute atomic E-state index is 11.9. The quantitative estimate of drug-likeness (QED) is 0.885. The molecule has 0 fully saturated rings. The van der Waals surface area contributed by atoms with E-state index < -0.39 is 0 Å². The Balaban J connectivity index is 2.05. The van der Waals surface area contributed by atoms with Gasteiger partial charge in [-0.05, 0) is 18.2 Å². The van der Waals surface area contributed by atoms with E-state index in [1.807, 2.05) is 24.3 Å². The third-order valence-electron chi connectivity index (χ3n) is 2.67. The zero-order valence-corrected chi connectivity index (χ0v) is 10.6. The van der Waals surface area contributed by atoms with E-state index in [1.165, 1.54) is 6.07 Å². The highest BCUT2D eigenvalue weighted by Crippen LogP contribution is 2.19. The first-order chi connectivity index (χ1) is 9.19. The van der Waals surface area contributed by atoms with Gasteiger partial charge in [0.05, 0.1) is 13.5 Å². The predicted molar refractivity (Wildman–Crippen MR) is 73.4 cm³/mol. The Kier molecular flexibility index (Phi) is 4.03. The van der Waals surface area contributed by atoms with Gasteiger partial charge in [0.25, 0.3) is 0 Å². The molecule has 0 bridgehead atoms. The molecule has 0 aliphatic carbocycles. The number of methoxy groups -OCH3 is 1. The van der Waals surface area contributed by atoms with E-state index in [-0.39, 0.29) is 18.1 Å². The summed E-state index contributed by atoms with van der Waals surface area (Å²) in [5.74, 6) is 0.652. The number of rotatable bonds is 4. The molecule has 2 rings (SSSR count). The van der Waals surface area contributed by atoms with Crippen molar-refractivity contribution >= 4 is 11.6 Å². The second-order valence-corrected chi connectivity index (χ2v) is 4.09. The van der Waals surface area contributed by atoms with Crippen LogP contribution in [-0.2, 0) is 11.2 Å². The van der Waals surface area contributed by atoms with Gasteiger partial charge < -0.3 is 15.2 Å². The number of hydrogen-bond acceptors (Lipinski definition) is 3. The van der Waals surface area contributed by atoms with E-state index in [4.69, 9.17) is 4.74 Å². The number of phenols is 1. The van der Waals surface area contributed by atoms with E-state index in [0.29, 0.717) is 11.4 Å². The Bertz CT molecular complexity index is 581. The van der Waals surface area contributed by atoms with Gasteiger partial charge in [-0.3, -0.25) is 4.79 Å². The first-order valence-corrected chi connectivity index (χ1v) is 5.90. The number of para-hydroxylation sites is 1. The molecule has 0 unspecified atom stereocenters. The molecular formula is C15H15NO3. The fourth-order valence-corrected chi connectivity index (χ4v) is 1.81.